The number of hydrogen-bond donors (Lipinski definition) is 1. The highest BCUT2D eigenvalue weighted by molar-refractivity contribution is 5.87. The lowest BCUT2D eigenvalue weighted by atomic mass is 10.1. The number of hydrogen-bond acceptors (Lipinski definition) is 6. The monoisotopic (exact) mass is 422 g/mol. The molecule has 31 heavy (non-hydrogen) atoms. The van der Waals surface area contributed by atoms with E-state index in [0.29, 0.717) is 10.9 Å². The molecule has 2 aliphatic heterocycles. The maximum atomic E-state index is 13.3. The Kier molecular flexibility index (Phi) is 4.94. The van der Waals surface area contributed by atoms with Gasteiger partial charge in [0, 0.05) is 5.39 Å². The Balaban J connectivity index is 1.59. The van der Waals surface area contributed by atoms with Gasteiger partial charge >= 0.3 is 0 Å². The largest absolute Gasteiger partial charge is 0.483 e. The van der Waals surface area contributed by atoms with E-state index in [2.05, 4.69) is 0 Å². The molecule has 1 aromatic heterocycles. The lowest BCUT2D eigenvalue weighted by Gasteiger charge is -2.21. The quantitative estimate of drug-likeness (QED) is 0.691. The van der Waals surface area contributed by atoms with Crippen LogP contribution in [0.1, 0.15) is 11.1 Å². The number of nitriles is 1. The minimum atomic E-state index is -0.727. The van der Waals surface area contributed by atoms with Crippen molar-refractivity contribution < 1.29 is 23.7 Å². The third-order valence-corrected chi connectivity index (χ3v) is 5.74. The van der Waals surface area contributed by atoms with Crippen LogP contribution in [-0.2, 0) is 16.0 Å². The summed E-state index contributed by atoms with van der Waals surface area (Å²) in [7, 11) is 0. The van der Waals surface area contributed by atoms with Gasteiger partial charge in [0.2, 0.25) is 0 Å². The Bertz CT molecular complexity index is 1230. The lowest BCUT2D eigenvalue weighted by molar-refractivity contribution is 0.00881. The first-order valence-corrected chi connectivity index (χ1v) is 9.95. The van der Waals surface area contributed by atoms with Gasteiger partial charge in [-0.15, -0.1) is 0 Å². The molecule has 1 unspecified atom stereocenters. The molecule has 0 radical (unpaired) electrons. The molecule has 0 aliphatic carbocycles. The molecule has 0 amide bonds. The first-order valence-electron chi connectivity index (χ1n) is 9.95. The highest BCUT2D eigenvalue weighted by atomic mass is 19.1. The normalized spacial score (nSPS) is 24.8. The Labute approximate surface area is 176 Å². The van der Waals surface area contributed by atoms with E-state index in [1.807, 2.05) is 6.07 Å². The summed E-state index contributed by atoms with van der Waals surface area (Å²) in [6.07, 6.45) is -2.23. The number of aliphatic hydroxyl groups excluding tert-OH is 1. The van der Waals surface area contributed by atoms with Gasteiger partial charge in [0.25, 0.3) is 5.56 Å². The van der Waals surface area contributed by atoms with Crippen LogP contribution in [0.4, 0.5) is 4.39 Å². The van der Waals surface area contributed by atoms with E-state index >= 15 is 0 Å². The number of nitrogens with zero attached hydrogens (tertiary/aromatic N) is 2. The van der Waals surface area contributed by atoms with Gasteiger partial charge in [0.05, 0.1) is 25.3 Å². The number of pyridine rings is 1. The molecule has 3 aromatic rings. The molecule has 2 fully saturated rings. The van der Waals surface area contributed by atoms with Crippen molar-refractivity contribution in [1.82, 2.24) is 4.57 Å². The predicted molar refractivity (Wildman–Crippen MR) is 108 cm³/mol. The number of rotatable bonds is 4. The lowest BCUT2D eigenvalue weighted by Crippen LogP contribution is -2.35. The molecule has 4 atom stereocenters. The van der Waals surface area contributed by atoms with Gasteiger partial charge in [-0.3, -0.25) is 4.79 Å². The van der Waals surface area contributed by atoms with Gasteiger partial charge in [-0.1, -0.05) is 24.3 Å². The molecule has 7 nitrogen and oxygen atoms in total. The second-order valence-electron chi connectivity index (χ2n) is 7.67. The summed E-state index contributed by atoms with van der Waals surface area (Å²) in [5.41, 5.74) is 0.700. The van der Waals surface area contributed by atoms with Crippen LogP contribution in [0.2, 0.25) is 0 Å². The van der Waals surface area contributed by atoms with Crippen LogP contribution >= 0.6 is 0 Å². The van der Waals surface area contributed by atoms with Crippen LogP contribution < -0.4 is 10.3 Å². The van der Waals surface area contributed by atoms with Crippen molar-refractivity contribution in [3.05, 3.63) is 75.8 Å². The van der Waals surface area contributed by atoms with Crippen LogP contribution in [0.15, 0.2) is 53.3 Å². The van der Waals surface area contributed by atoms with Crippen LogP contribution in [-0.4, -0.2) is 47.3 Å². The molecule has 0 spiro atoms. The molecular formula is C23H19FN2O5. The molecule has 158 valence electrons. The Morgan fingerprint density at radius 3 is 2.65 bits per heavy atom. The molecule has 3 heterocycles. The maximum Gasteiger partial charge on any atom is 0.273 e. The fraction of sp³-hybridized carbons (Fsp3) is 0.304. The highest BCUT2D eigenvalue weighted by Crippen LogP contribution is 2.34. The van der Waals surface area contributed by atoms with E-state index in [1.165, 1.54) is 16.7 Å². The number of aromatic nitrogens is 1. The number of ether oxygens (including phenoxy) is 3. The van der Waals surface area contributed by atoms with E-state index in [4.69, 9.17) is 14.2 Å². The zero-order chi connectivity index (χ0) is 21.5. The van der Waals surface area contributed by atoms with Crippen molar-refractivity contribution in [2.45, 2.75) is 31.0 Å². The first kappa shape index (κ1) is 19.7. The van der Waals surface area contributed by atoms with Gasteiger partial charge in [-0.05, 0) is 29.8 Å². The summed E-state index contributed by atoms with van der Waals surface area (Å²) in [5, 5.41) is 20.4. The molecule has 2 aliphatic rings. The van der Waals surface area contributed by atoms with Crippen LogP contribution in [0.5, 0.6) is 5.75 Å². The second-order valence-corrected chi connectivity index (χ2v) is 7.67. The third kappa shape index (κ3) is 3.37. The number of benzene rings is 2. The zero-order valence-electron chi connectivity index (χ0n) is 16.4. The van der Waals surface area contributed by atoms with E-state index < -0.39 is 30.0 Å². The molecule has 0 saturated carbocycles. The number of para-hydroxylation sites is 1. The van der Waals surface area contributed by atoms with Gasteiger partial charge < -0.3 is 23.9 Å². The molecule has 8 heteroatoms. The van der Waals surface area contributed by atoms with Crippen molar-refractivity contribution >= 4 is 10.9 Å². The van der Waals surface area contributed by atoms with Gasteiger partial charge in [-0.2, -0.15) is 5.26 Å². The summed E-state index contributed by atoms with van der Waals surface area (Å²) in [5.74, 6) is -0.184. The smallest absolute Gasteiger partial charge is 0.273 e. The SMILES string of the molecule is N#Cc1c(OC2CO[C@H]3[C@@H]2OC[C@@H]3O)c2ccccc2n(Cc2ccc(F)cc2)c1=O. The van der Waals surface area contributed by atoms with Crippen molar-refractivity contribution in [1.29, 1.82) is 5.26 Å². The fourth-order valence-corrected chi connectivity index (χ4v) is 4.22. The Morgan fingerprint density at radius 1 is 1.13 bits per heavy atom. The minimum absolute atomic E-state index is 0.122. The number of halogens is 1. The average molecular weight is 422 g/mol. The van der Waals surface area contributed by atoms with Crippen LogP contribution in [0.3, 0.4) is 0 Å². The standard InChI is InChI=1S/C23H19FN2O5/c24-14-7-5-13(6-8-14)10-26-17-4-2-1-3-15(17)20(16(9-25)23(26)28)31-19-12-30-21-18(27)11-29-22(19)21/h1-8,18-19,21-22,27H,10-12H2/t18-,19?,21+,22+/m0/s1. The molecule has 0 bridgehead atoms. The first-order chi connectivity index (χ1) is 15.1. The average Bonchev–Trinajstić information content (AvgIpc) is 3.35. The third-order valence-electron chi connectivity index (χ3n) is 5.74. The second kappa shape index (κ2) is 7.78. The summed E-state index contributed by atoms with van der Waals surface area (Å²) in [6, 6.07) is 15.0. The predicted octanol–water partition coefficient (Wildman–Crippen LogP) is 1.97. The van der Waals surface area contributed by atoms with Crippen molar-refractivity contribution in [3.63, 3.8) is 0 Å². The van der Waals surface area contributed by atoms with Gasteiger partial charge in [0.1, 0.15) is 30.2 Å². The van der Waals surface area contributed by atoms with Crippen molar-refractivity contribution in [3.8, 4) is 11.8 Å². The van der Waals surface area contributed by atoms with Crippen molar-refractivity contribution in [2.24, 2.45) is 0 Å². The summed E-state index contributed by atoms with van der Waals surface area (Å²) in [6.45, 7) is 0.520. The topological polar surface area (TPSA) is 93.7 Å². The summed E-state index contributed by atoms with van der Waals surface area (Å²) in [4.78, 5) is 13.2. The van der Waals surface area contributed by atoms with Crippen LogP contribution in [0.25, 0.3) is 10.9 Å². The molecule has 2 aromatic carbocycles. The Morgan fingerprint density at radius 2 is 1.87 bits per heavy atom. The molecule has 1 N–H and O–H groups in total. The van der Waals surface area contributed by atoms with E-state index in [0.717, 1.165) is 5.56 Å². The Hall–Kier alpha value is -3.25. The van der Waals surface area contributed by atoms with Crippen LogP contribution in [0, 0.1) is 17.1 Å². The van der Waals surface area contributed by atoms with E-state index in [-0.39, 0.29) is 36.9 Å². The minimum Gasteiger partial charge on any atom is -0.483 e. The number of aliphatic hydroxyl groups is 1. The van der Waals surface area contributed by atoms with Gasteiger partial charge in [-0.25, -0.2) is 4.39 Å². The van der Waals surface area contributed by atoms with Gasteiger partial charge in [0.15, 0.2) is 17.4 Å². The zero-order valence-corrected chi connectivity index (χ0v) is 16.4. The van der Waals surface area contributed by atoms with E-state index in [1.54, 1.807) is 36.4 Å². The fourth-order valence-electron chi connectivity index (χ4n) is 4.22. The summed E-state index contributed by atoms with van der Waals surface area (Å²) >= 11 is 0. The molecular weight excluding hydrogens is 403 g/mol. The van der Waals surface area contributed by atoms with E-state index in [9.17, 15) is 19.6 Å². The highest BCUT2D eigenvalue weighted by Gasteiger charge is 2.48. The number of fused-ring (bicyclic) bond motifs is 2. The molecule has 5 rings (SSSR count). The van der Waals surface area contributed by atoms with Crippen molar-refractivity contribution in [2.75, 3.05) is 13.2 Å². The summed E-state index contributed by atoms with van der Waals surface area (Å²) < 4.78 is 32.1. The molecule has 2 saturated heterocycles. The maximum absolute atomic E-state index is 13.3.